The number of carbonyl (C=O) groups is 1. The Morgan fingerprint density at radius 2 is 1.92 bits per heavy atom. The molecule has 0 spiro atoms. The van der Waals surface area contributed by atoms with Crippen LogP contribution in [0.1, 0.15) is 12.5 Å². The Hall–Kier alpha value is -1.02. The van der Waals surface area contributed by atoms with Crippen molar-refractivity contribution in [2.75, 3.05) is 0 Å². The van der Waals surface area contributed by atoms with E-state index in [0.29, 0.717) is 0 Å². The number of benzene rings is 1. The van der Waals surface area contributed by atoms with Crippen LogP contribution in [0.4, 0.5) is 0 Å². The van der Waals surface area contributed by atoms with Gasteiger partial charge in [0.2, 0.25) is 5.12 Å². The van der Waals surface area contributed by atoms with Crippen molar-refractivity contribution < 1.29 is 4.79 Å². The molecule has 0 aliphatic carbocycles. The van der Waals surface area contributed by atoms with Gasteiger partial charge in [-0.05, 0) is 43.8 Å². The fourth-order valence-electron chi connectivity index (χ4n) is 0.893. The van der Waals surface area contributed by atoms with Gasteiger partial charge in [-0.15, -0.1) is 0 Å². The summed E-state index contributed by atoms with van der Waals surface area (Å²) in [7, 11) is 0. The van der Waals surface area contributed by atoms with Crippen LogP contribution in [-0.4, -0.2) is 5.12 Å². The van der Waals surface area contributed by atoms with Crippen LogP contribution in [0.3, 0.4) is 0 Å². The Morgan fingerprint density at radius 1 is 1.31 bits per heavy atom. The van der Waals surface area contributed by atoms with Crippen molar-refractivity contribution in [3.63, 3.8) is 0 Å². The van der Waals surface area contributed by atoms with E-state index in [1.165, 1.54) is 17.3 Å². The molecule has 0 saturated carbocycles. The fourth-order valence-corrected chi connectivity index (χ4v) is 1.60. The van der Waals surface area contributed by atoms with Crippen LogP contribution in [-0.2, 0) is 4.79 Å². The predicted molar refractivity (Wildman–Crippen MR) is 56.9 cm³/mol. The van der Waals surface area contributed by atoms with Crippen LogP contribution >= 0.6 is 11.8 Å². The SMILES string of the molecule is C/C=C/C(=O)Sc1ccc(C)cc1. The van der Waals surface area contributed by atoms with E-state index in [-0.39, 0.29) is 5.12 Å². The molecule has 1 aromatic carbocycles. The Labute approximate surface area is 82.9 Å². The number of carbonyl (C=O) groups excluding carboxylic acids is 1. The Kier molecular flexibility index (Phi) is 3.77. The third-order valence-corrected chi connectivity index (χ3v) is 2.39. The maximum Gasteiger partial charge on any atom is 0.216 e. The third kappa shape index (κ3) is 3.47. The summed E-state index contributed by atoms with van der Waals surface area (Å²) in [5.74, 6) is 0. The van der Waals surface area contributed by atoms with Gasteiger partial charge in [0.1, 0.15) is 0 Å². The van der Waals surface area contributed by atoms with Crippen molar-refractivity contribution in [2.45, 2.75) is 18.7 Å². The van der Waals surface area contributed by atoms with E-state index in [1.54, 1.807) is 12.2 Å². The van der Waals surface area contributed by atoms with Gasteiger partial charge < -0.3 is 0 Å². The largest absolute Gasteiger partial charge is 0.282 e. The van der Waals surface area contributed by atoms with Gasteiger partial charge in [-0.25, -0.2) is 0 Å². The second-order valence-corrected chi connectivity index (χ2v) is 3.81. The minimum atomic E-state index is 0.0753. The highest BCUT2D eigenvalue weighted by molar-refractivity contribution is 8.14. The highest BCUT2D eigenvalue weighted by Crippen LogP contribution is 2.19. The maximum absolute atomic E-state index is 11.2. The van der Waals surface area contributed by atoms with Crippen LogP contribution in [0.25, 0.3) is 0 Å². The number of rotatable bonds is 2. The first-order chi connectivity index (χ1) is 6.22. The lowest BCUT2D eigenvalue weighted by Gasteiger charge is -1.97. The van der Waals surface area contributed by atoms with Gasteiger partial charge in [-0.2, -0.15) is 0 Å². The lowest BCUT2D eigenvalue weighted by molar-refractivity contribution is -0.107. The van der Waals surface area contributed by atoms with Gasteiger partial charge in [0.05, 0.1) is 0 Å². The average molecular weight is 192 g/mol. The summed E-state index contributed by atoms with van der Waals surface area (Å²) in [6, 6.07) is 7.93. The van der Waals surface area contributed by atoms with E-state index in [2.05, 4.69) is 0 Å². The molecular weight excluding hydrogens is 180 g/mol. The molecule has 0 aliphatic heterocycles. The monoisotopic (exact) mass is 192 g/mol. The fraction of sp³-hybridized carbons (Fsp3) is 0.182. The molecule has 1 rings (SSSR count). The summed E-state index contributed by atoms with van der Waals surface area (Å²) in [5, 5.41) is 0.0753. The minimum Gasteiger partial charge on any atom is -0.282 e. The first-order valence-corrected chi connectivity index (χ1v) is 4.95. The molecule has 2 heteroatoms. The van der Waals surface area contributed by atoms with Gasteiger partial charge in [-0.1, -0.05) is 23.8 Å². The molecule has 0 atom stereocenters. The van der Waals surface area contributed by atoms with E-state index in [4.69, 9.17) is 0 Å². The van der Waals surface area contributed by atoms with Gasteiger partial charge in [-0.3, -0.25) is 4.79 Å². The molecule has 13 heavy (non-hydrogen) atoms. The molecule has 0 fully saturated rings. The molecule has 0 aromatic heterocycles. The van der Waals surface area contributed by atoms with Crippen molar-refractivity contribution in [1.29, 1.82) is 0 Å². The van der Waals surface area contributed by atoms with Crippen LogP contribution in [0.2, 0.25) is 0 Å². The van der Waals surface area contributed by atoms with E-state index in [0.717, 1.165) is 4.90 Å². The maximum atomic E-state index is 11.2. The molecular formula is C11H12OS. The molecule has 68 valence electrons. The van der Waals surface area contributed by atoms with Gasteiger partial charge in [0.25, 0.3) is 0 Å². The van der Waals surface area contributed by atoms with E-state index >= 15 is 0 Å². The number of allylic oxidation sites excluding steroid dienone is 1. The highest BCUT2D eigenvalue weighted by atomic mass is 32.2. The smallest absolute Gasteiger partial charge is 0.216 e. The van der Waals surface area contributed by atoms with Crippen molar-refractivity contribution in [3.05, 3.63) is 42.0 Å². The first kappa shape index (κ1) is 10.1. The second kappa shape index (κ2) is 4.87. The molecule has 1 aromatic rings. The van der Waals surface area contributed by atoms with Crippen molar-refractivity contribution in [2.24, 2.45) is 0 Å². The molecule has 0 saturated heterocycles. The van der Waals surface area contributed by atoms with Gasteiger partial charge >= 0.3 is 0 Å². The van der Waals surface area contributed by atoms with Gasteiger partial charge in [0, 0.05) is 4.90 Å². The number of hydrogen-bond donors (Lipinski definition) is 0. The summed E-state index contributed by atoms with van der Waals surface area (Å²) in [6.45, 7) is 3.87. The summed E-state index contributed by atoms with van der Waals surface area (Å²) in [4.78, 5) is 12.2. The third-order valence-electron chi connectivity index (χ3n) is 1.54. The summed E-state index contributed by atoms with van der Waals surface area (Å²) in [5.41, 5.74) is 1.21. The molecule has 0 unspecified atom stereocenters. The van der Waals surface area contributed by atoms with Crippen molar-refractivity contribution >= 4 is 16.9 Å². The second-order valence-electron chi connectivity index (χ2n) is 2.73. The molecule has 0 amide bonds. The topological polar surface area (TPSA) is 17.1 Å². The van der Waals surface area contributed by atoms with Crippen LogP contribution < -0.4 is 0 Å². The molecule has 0 heterocycles. The average Bonchev–Trinajstić information content (AvgIpc) is 2.09. The lowest BCUT2D eigenvalue weighted by Crippen LogP contribution is -1.83. The van der Waals surface area contributed by atoms with Crippen LogP contribution in [0, 0.1) is 6.92 Å². The Balaban J connectivity index is 2.64. The summed E-state index contributed by atoms with van der Waals surface area (Å²) >= 11 is 1.25. The first-order valence-electron chi connectivity index (χ1n) is 4.13. The van der Waals surface area contributed by atoms with E-state index < -0.39 is 0 Å². The zero-order valence-corrected chi connectivity index (χ0v) is 8.60. The van der Waals surface area contributed by atoms with Crippen molar-refractivity contribution in [3.8, 4) is 0 Å². The number of hydrogen-bond acceptors (Lipinski definition) is 2. The number of thioether (sulfide) groups is 1. The quantitative estimate of drug-likeness (QED) is 0.528. The molecule has 0 radical (unpaired) electrons. The lowest BCUT2D eigenvalue weighted by atomic mass is 10.2. The summed E-state index contributed by atoms with van der Waals surface area (Å²) in [6.07, 6.45) is 3.33. The van der Waals surface area contributed by atoms with Crippen LogP contribution in [0.5, 0.6) is 0 Å². The summed E-state index contributed by atoms with van der Waals surface area (Å²) < 4.78 is 0. The van der Waals surface area contributed by atoms with E-state index in [1.807, 2.05) is 38.1 Å². The normalized spacial score (nSPS) is 10.6. The van der Waals surface area contributed by atoms with E-state index in [9.17, 15) is 4.79 Å². The zero-order valence-electron chi connectivity index (χ0n) is 7.78. The standard InChI is InChI=1S/C11H12OS/c1-3-4-11(12)13-10-7-5-9(2)6-8-10/h3-8H,1-2H3/b4-3+. The van der Waals surface area contributed by atoms with Crippen molar-refractivity contribution in [1.82, 2.24) is 0 Å². The zero-order chi connectivity index (χ0) is 9.68. The Morgan fingerprint density at radius 3 is 2.46 bits per heavy atom. The molecule has 1 nitrogen and oxygen atoms in total. The van der Waals surface area contributed by atoms with Gasteiger partial charge in [0.15, 0.2) is 0 Å². The highest BCUT2D eigenvalue weighted by Gasteiger charge is 1.98. The number of aryl methyl sites for hydroxylation is 1. The molecule has 0 aliphatic rings. The predicted octanol–water partition coefficient (Wildman–Crippen LogP) is 3.19. The Bertz CT molecular complexity index is 311. The van der Waals surface area contributed by atoms with Crippen LogP contribution in [0.15, 0.2) is 41.3 Å². The molecule has 0 N–H and O–H groups in total. The molecule has 0 bridgehead atoms. The minimum absolute atomic E-state index is 0.0753.